The maximum atomic E-state index is 12.9. The Kier molecular flexibility index (Phi) is 6.65. The number of nitrogens with zero attached hydrogens (tertiary/aromatic N) is 1. The van der Waals surface area contributed by atoms with E-state index >= 15 is 0 Å². The van der Waals surface area contributed by atoms with Crippen molar-refractivity contribution in [2.24, 2.45) is 5.92 Å². The van der Waals surface area contributed by atoms with Gasteiger partial charge in [0.25, 0.3) is 0 Å². The van der Waals surface area contributed by atoms with Crippen molar-refractivity contribution < 1.29 is 13.2 Å². The lowest BCUT2D eigenvalue weighted by molar-refractivity contribution is 0.175. The minimum Gasteiger partial charge on any atom is -0.398 e. The van der Waals surface area contributed by atoms with E-state index in [9.17, 15) is 8.42 Å². The second-order valence-corrected chi connectivity index (χ2v) is 8.15. The summed E-state index contributed by atoms with van der Waals surface area (Å²) in [5.74, 6) is 0.227. The van der Waals surface area contributed by atoms with Gasteiger partial charge in [0.1, 0.15) is 0 Å². The Balaban J connectivity index is 3.24. The highest BCUT2D eigenvalue weighted by atomic mass is 79.9. The molecule has 21 heavy (non-hydrogen) atoms. The first-order valence-electron chi connectivity index (χ1n) is 6.74. The molecule has 0 fully saturated rings. The van der Waals surface area contributed by atoms with Crippen molar-refractivity contribution in [3.63, 3.8) is 0 Å². The highest BCUT2D eigenvalue weighted by Crippen LogP contribution is 2.28. The van der Waals surface area contributed by atoms with Crippen molar-refractivity contribution in [3.8, 4) is 0 Å². The molecule has 1 rings (SSSR count). The number of nitrogen functional groups attached to an aromatic ring is 1. The molecule has 0 aliphatic carbocycles. The maximum absolute atomic E-state index is 12.9. The van der Waals surface area contributed by atoms with E-state index in [1.54, 1.807) is 20.1 Å². The number of hydrogen-bond acceptors (Lipinski definition) is 4. The number of benzene rings is 1. The molecule has 2 N–H and O–H groups in total. The third kappa shape index (κ3) is 4.67. The standard InChI is InChI=1S/C14H23BrN2O3S/c1-10(2)9-17(5-6-20-4)21(18,19)14-8-13(16)12(15)7-11(14)3/h7-8,10H,5-6,9,16H2,1-4H3. The van der Waals surface area contributed by atoms with Crippen molar-refractivity contribution in [2.45, 2.75) is 25.7 Å². The molecule has 5 nitrogen and oxygen atoms in total. The zero-order valence-electron chi connectivity index (χ0n) is 12.9. The molecule has 120 valence electrons. The van der Waals surface area contributed by atoms with Crippen LogP contribution in [0, 0.1) is 12.8 Å². The second kappa shape index (κ2) is 7.58. The van der Waals surface area contributed by atoms with Crippen LogP contribution in [0.1, 0.15) is 19.4 Å². The Labute approximate surface area is 135 Å². The second-order valence-electron chi connectivity index (χ2n) is 5.39. The zero-order valence-corrected chi connectivity index (χ0v) is 15.3. The van der Waals surface area contributed by atoms with Crippen molar-refractivity contribution in [2.75, 3.05) is 32.5 Å². The minimum atomic E-state index is -3.59. The molecule has 0 heterocycles. The Morgan fingerprint density at radius 1 is 1.38 bits per heavy atom. The largest absolute Gasteiger partial charge is 0.398 e. The smallest absolute Gasteiger partial charge is 0.243 e. The molecule has 7 heteroatoms. The monoisotopic (exact) mass is 378 g/mol. The van der Waals surface area contributed by atoms with Gasteiger partial charge in [-0.2, -0.15) is 4.31 Å². The van der Waals surface area contributed by atoms with Gasteiger partial charge in [0.2, 0.25) is 10.0 Å². The van der Waals surface area contributed by atoms with Gasteiger partial charge in [-0.1, -0.05) is 13.8 Å². The number of ether oxygens (including phenoxy) is 1. The zero-order chi connectivity index (χ0) is 16.2. The molecule has 0 bridgehead atoms. The van der Waals surface area contributed by atoms with Crippen LogP contribution in [0.5, 0.6) is 0 Å². The predicted molar refractivity (Wildman–Crippen MR) is 88.8 cm³/mol. The number of aryl methyl sites for hydroxylation is 1. The van der Waals surface area contributed by atoms with Gasteiger partial charge in [0.15, 0.2) is 0 Å². The summed E-state index contributed by atoms with van der Waals surface area (Å²) < 4.78 is 32.9. The molecule has 0 unspecified atom stereocenters. The van der Waals surface area contributed by atoms with E-state index in [1.165, 1.54) is 10.4 Å². The van der Waals surface area contributed by atoms with E-state index in [0.717, 1.165) is 0 Å². The van der Waals surface area contributed by atoms with Crippen molar-refractivity contribution >= 4 is 31.6 Å². The number of nitrogens with two attached hydrogens (primary N) is 1. The number of methoxy groups -OCH3 is 1. The van der Waals surface area contributed by atoms with Gasteiger partial charge < -0.3 is 10.5 Å². The number of rotatable bonds is 7. The summed E-state index contributed by atoms with van der Waals surface area (Å²) in [4.78, 5) is 0.250. The summed E-state index contributed by atoms with van der Waals surface area (Å²) in [5.41, 5.74) is 6.91. The molecule has 1 aromatic rings. The van der Waals surface area contributed by atoms with Crippen molar-refractivity contribution in [1.82, 2.24) is 4.31 Å². The summed E-state index contributed by atoms with van der Waals surface area (Å²) in [5, 5.41) is 0. The summed E-state index contributed by atoms with van der Waals surface area (Å²) in [6.45, 7) is 6.86. The van der Waals surface area contributed by atoms with Crippen LogP contribution in [0.25, 0.3) is 0 Å². The Morgan fingerprint density at radius 2 is 2.00 bits per heavy atom. The highest BCUT2D eigenvalue weighted by Gasteiger charge is 2.27. The topological polar surface area (TPSA) is 72.6 Å². The van der Waals surface area contributed by atoms with E-state index in [-0.39, 0.29) is 10.8 Å². The highest BCUT2D eigenvalue weighted by molar-refractivity contribution is 9.10. The molecule has 1 aromatic carbocycles. The molecule has 0 atom stereocenters. The normalized spacial score (nSPS) is 12.3. The summed E-state index contributed by atoms with van der Waals surface area (Å²) >= 11 is 3.31. The minimum absolute atomic E-state index is 0.227. The number of sulfonamides is 1. The Bertz CT molecular complexity index is 588. The van der Waals surface area contributed by atoms with E-state index in [1.807, 2.05) is 13.8 Å². The lowest BCUT2D eigenvalue weighted by atomic mass is 10.2. The Hall–Kier alpha value is -0.630. The van der Waals surface area contributed by atoms with Crippen LogP contribution < -0.4 is 5.73 Å². The first kappa shape index (κ1) is 18.4. The van der Waals surface area contributed by atoms with Gasteiger partial charge in [0, 0.05) is 30.4 Å². The van der Waals surface area contributed by atoms with Gasteiger partial charge in [-0.3, -0.25) is 0 Å². The van der Waals surface area contributed by atoms with E-state index in [2.05, 4.69) is 15.9 Å². The van der Waals surface area contributed by atoms with Crippen molar-refractivity contribution in [1.29, 1.82) is 0 Å². The molecule has 0 saturated carbocycles. The number of anilines is 1. The van der Waals surface area contributed by atoms with Crippen LogP contribution >= 0.6 is 15.9 Å². The number of halogens is 1. The predicted octanol–water partition coefficient (Wildman–Crippen LogP) is 2.63. The van der Waals surface area contributed by atoms with E-state index in [4.69, 9.17) is 10.5 Å². The molecule has 0 amide bonds. The van der Waals surface area contributed by atoms with Crippen molar-refractivity contribution in [3.05, 3.63) is 22.2 Å². The molecule has 0 spiro atoms. The van der Waals surface area contributed by atoms with Crippen LogP contribution in [0.2, 0.25) is 0 Å². The third-order valence-electron chi connectivity index (χ3n) is 3.03. The quantitative estimate of drug-likeness (QED) is 0.740. The molecular formula is C14H23BrN2O3S. The average Bonchev–Trinajstić information content (AvgIpc) is 2.38. The fourth-order valence-electron chi connectivity index (χ4n) is 2.00. The summed E-state index contributed by atoms with van der Waals surface area (Å²) in [7, 11) is -2.03. The summed E-state index contributed by atoms with van der Waals surface area (Å²) in [6.07, 6.45) is 0. The molecule has 0 aliphatic heterocycles. The van der Waals surface area contributed by atoms with Gasteiger partial charge >= 0.3 is 0 Å². The molecule has 0 aliphatic rings. The molecular weight excluding hydrogens is 356 g/mol. The summed E-state index contributed by atoms with van der Waals surface area (Å²) in [6, 6.07) is 3.24. The fourth-order valence-corrected chi connectivity index (χ4v) is 4.28. The van der Waals surface area contributed by atoms with Gasteiger partial charge in [-0.05, 0) is 46.5 Å². The molecule has 0 aromatic heterocycles. The van der Waals surface area contributed by atoms with E-state index in [0.29, 0.717) is 35.4 Å². The molecule has 0 saturated heterocycles. The first-order valence-corrected chi connectivity index (χ1v) is 8.98. The lowest BCUT2D eigenvalue weighted by Crippen LogP contribution is -2.37. The van der Waals surface area contributed by atoms with Crippen LogP contribution in [-0.2, 0) is 14.8 Å². The van der Waals surface area contributed by atoms with E-state index < -0.39 is 10.0 Å². The maximum Gasteiger partial charge on any atom is 0.243 e. The SMILES string of the molecule is COCCN(CC(C)C)S(=O)(=O)c1cc(N)c(Br)cc1C. The molecule has 0 radical (unpaired) electrons. The average molecular weight is 379 g/mol. The fraction of sp³-hybridized carbons (Fsp3) is 0.571. The van der Waals surface area contributed by atoms with Crippen LogP contribution in [0.4, 0.5) is 5.69 Å². The third-order valence-corrected chi connectivity index (χ3v) is 5.72. The number of hydrogen-bond donors (Lipinski definition) is 1. The van der Waals surface area contributed by atoms with Crippen LogP contribution in [0.15, 0.2) is 21.5 Å². The van der Waals surface area contributed by atoms with Gasteiger partial charge in [-0.15, -0.1) is 0 Å². The lowest BCUT2D eigenvalue weighted by Gasteiger charge is -2.24. The van der Waals surface area contributed by atoms with Crippen LogP contribution in [-0.4, -0.2) is 39.5 Å². The first-order chi connectivity index (χ1) is 9.70. The van der Waals surface area contributed by atoms with Gasteiger partial charge in [0.05, 0.1) is 11.5 Å². The van der Waals surface area contributed by atoms with Crippen LogP contribution in [0.3, 0.4) is 0 Å². The van der Waals surface area contributed by atoms with Gasteiger partial charge in [-0.25, -0.2) is 8.42 Å². The Morgan fingerprint density at radius 3 is 2.52 bits per heavy atom.